The number of hydrogen-bond acceptors (Lipinski definition) is 6. The SMILES string of the molecule is CCOC(=O)c1cc2c(s1)c1ncc(Br)cc1n2C(c1ccc(F)cn1)C1CCOCC1. The second-order valence-corrected chi connectivity index (χ2v) is 9.70. The molecule has 0 amide bonds. The summed E-state index contributed by atoms with van der Waals surface area (Å²) in [6.45, 7) is 3.45. The van der Waals surface area contributed by atoms with E-state index in [0.29, 0.717) is 24.7 Å². The minimum atomic E-state index is -0.369. The number of ether oxygens (including phenoxy) is 2. The molecule has 6 nitrogen and oxygen atoms in total. The van der Waals surface area contributed by atoms with Gasteiger partial charge in [0.15, 0.2) is 0 Å². The predicted octanol–water partition coefficient (Wildman–Crippen LogP) is 5.74. The summed E-state index contributed by atoms with van der Waals surface area (Å²) in [5.74, 6) is -0.468. The van der Waals surface area contributed by atoms with E-state index < -0.39 is 0 Å². The van der Waals surface area contributed by atoms with Crippen LogP contribution in [0.15, 0.2) is 41.1 Å². The standard InChI is InChI=1S/C23H21BrFN3O3S/c1-2-31-23(29)19-10-18-22(32-19)20-17(9-14(24)11-27-20)28(18)21(13-5-7-30-8-6-13)16-4-3-15(25)12-26-16/h3-4,9-13,21H,2,5-8H2,1H3. The molecule has 1 atom stereocenters. The Labute approximate surface area is 196 Å². The molecular weight excluding hydrogens is 497 g/mol. The van der Waals surface area contributed by atoms with Gasteiger partial charge in [-0.2, -0.15) is 0 Å². The molecule has 0 spiro atoms. The number of pyridine rings is 2. The van der Waals surface area contributed by atoms with Crippen molar-refractivity contribution >= 4 is 54.5 Å². The van der Waals surface area contributed by atoms with Crippen molar-refractivity contribution in [2.75, 3.05) is 19.8 Å². The third-order valence-corrected chi connectivity index (χ3v) is 7.35. The Kier molecular flexibility index (Phi) is 5.96. The molecule has 32 heavy (non-hydrogen) atoms. The van der Waals surface area contributed by atoms with E-state index in [1.54, 1.807) is 19.2 Å². The average Bonchev–Trinajstić information content (AvgIpc) is 3.34. The number of carbonyl (C=O) groups is 1. The number of fused-ring (bicyclic) bond motifs is 3. The van der Waals surface area contributed by atoms with Crippen LogP contribution in [0.3, 0.4) is 0 Å². The lowest BCUT2D eigenvalue weighted by Crippen LogP contribution is -2.27. The second kappa shape index (κ2) is 8.88. The third-order valence-electron chi connectivity index (χ3n) is 5.80. The van der Waals surface area contributed by atoms with E-state index in [-0.39, 0.29) is 23.7 Å². The molecule has 0 N–H and O–H groups in total. The summed E-state index contributed by atoms with van der Waals surface area (Å²) in [6.07, 6.45) is 4.74. The van der Waals surface area contributed by atoms with Crippen LogP contribution in [-0.2, 0) is 9.47 Å². The lowest BCUT2D eigenvalue weighted by molar-refractivity contribution is 0.0532. The largest absolute Gasteiger partial charge is 0.462 e. The van der Waals surface area contributed by atoms with Gasteiger partial charge in [0.1, 0.15) is 16.2 Å². The quantitative estimate of drug-likeness (QED) is 0.315. The van der Waals surface area contributed by atoms with Gasteiger partial charge in [0.2, 0.25) is 0 Å². The summed E-state index contributed by atoms with van der Waals surface area (Å²) < 4.78 is 28.5. The first-order valence-electron chi connectivity index (χ1n) is 10.5. The Hall–Kier alpha value is -2.36. The number of halogens is 2. The molecule has 4 aromatic rings. The number of esters is 1. The summed E-state index contributed by atoms with van der Waals surface area (Å²) in [7, 11) is 0. The van der Waals surface area contributed by atoms with Crippen molar-refractivity contribution in [3.05, 3.63) is 57.5 Å². The third kappa shape index (κ3) is 3.82. The zero-order chi connectivity index (χ0) is 22.2. The highest BCUT2D eigenvalue weighted by Gasteiger charge is 2.32. The van der Waals surface area contributed by atoms with Crippen molar-refractivity contribution in [3.8, 4) is 0 Å². The number of rotatable bonds is 5. The first kappa shape index (κ1) is 21.5. The molecule has 1 aliphatic heterocycles. The van der Waals surface area contributed by atoms with Crippen LogP contribution in [0, 0.1) is 11.7 Å². The van der Waals surface area contributed by atoms with Crippen LogP contribution in [0.4, 0.5) is 4.39 Å². The summed E-state index contributed by atoms with van der Waals surface area (Å²) in [4.78, 5) is 22.1. The van der Waals surface area contributed by atoms with E-state index in [0.717, 1.165) is 44.3 Å². The molecule has 5 heterocycles. The minimum absolute atomic E-state index is 0.153. The van der Waals surface area contributed by atoms with Crippen molar-refractivity contribution in [2.24, 2.45) is 5.92 Å². The Balaban J connectivity index is 1.77. The lowest BCUT2D eigenvalue weighted by Gasteiger charge is -2.32. The molecule has 1 aliphatic rings. The van der Waals surface area contributed by atoms with Gasteiger partial charge in [-0.1, -0.05) is 0 Å². The van der Waals surface area contributed by atoms with Gasteiger partial charge in [0.05, 0.1) is 40.3 Å². The van der Waals surface area contributed by atoms with E-state index >= 15 is 0 Å². The van der Waals surface area contributed by atoms with Crippen molar-refractivity contribution < 1.29 is 18.7 Å². The van der Waals surface area contributed by atoms with Crippen LogP contribution >= 0.6 is 27.3 Å². The second-order valence-electron chi connectivity index (χ2n) is 7.73. The van der Waals surface area contributed by atoms with Crippen LogP contribution in [0.1, 0.15) is 41.2 Å². The molecule has 166 valence electrons. The number of thiophene rings is 1. The average molecular weight is 518 g/mol. The van der Waals surface area contributed by atoms with Crippen LogP contribution in [0.25, 0.3) is 21.3 Å². The molecule has 1 unspecified atom stereocenters. The maximum absolute atomic E-state index is 13.7. The Morgan fingerprint density at radius 3 is 2.81 bits per heavy atom. The monoisotopic (exact) mass is 517 g/mol. The minimum Gasteiger partial charge on any atom is -0.462 e. The fourth-order valence-electron chi connectivity index (χ4n) is 4.43. The van der Waals surface area contributed by atoms with E-state index in [1.165, 1.54) is 23.6 Å². The first-order chi connectivity index (χ1) is 15.6. The molecule has 4 aromatic heterocycles. The molecule has 1 saturated heterocycles. The number of nitrogens with zero attached hydrogens (tertiary/aromatic N) is 3. The summed E-state index contributed by atoms with van der Waals surface area (Å²) in [6, 6.07) is 6.96. The maximum atomic E-state index is 13.7. The van der Waals surface area contributed by atoms with Crippen molar-refractivity contribution in [2.45, 2.75) is 25.8 Å². The zero-order valence-corrected chi connectivity index (χ0v) is 19.8. The molecule has 0 aliphatic carbocycles. The van der Waals surface area contributed by atoms with Crippen LogP contribution in [0.5, 0.6) is 0 Å². The van der Waals surface area contributed by atoms with E-state index in [2.05, 4.69) is 30.5 Å². The van der Waals surface area contributed by atoms with E-state index in [4.69, 9.17) is 9.47 Å². The fourth-order valence-corrected chi connectivity index (χ4v) is 5.80. The Morgan fingerprint density at radius 2 is 2.09 bits per heavy atom. The van der Waals surface area contributed by atoms with Crippen LogP contribution < -0.4 is 0 Å². The number of aromatic nitrogens is 3. The molecule has 0 saturated carbocycles. The highest BCUT2D eigenvalue weighted by molar-refractivity contribution is 9.10. The van der Waals surface area contributed by atoms with Crippen LogP contribution in [-0.4, -0.2) is 40.3 Å². The molecule has 5 rings (SSSR count). The molecular formula is C23H21BrFN3O3S. The summed E-state index contributed by atoms with van der Waals surface area (Å²) in [5, 5.41) is 0. The van der Waals surface area contributed by atoms with E-state index in [1.807, 2.05) is 12.1 Å². The molecule has 9 heteroatoms. The maximum Gasteiger partial charge on any atom is 0.348 e. The highest BCUT2D eigenvalue weighted by atomic mass is 79.9. The van der Waals surface area contributed by atoms with Gasteiger partial charge >= 0.3 is 5.97 Å². The van der Waals surface area contributed by atoms with Gasteiger partial charge in [-0.15, -0.1) is 11.3 Å². The van der Waals surface area contributed by atoms with Gasteiger partial charge < -0.3 is 14.0 Å². The van der Waals surface area contributed by atoms with Gasteiger partial charge in [-0.3, -0.25) is 9.97 Å². The van der Waals surface area contributed by atoms with Crippen LogP contribution in [0.2, 0.25) is 0 Å². The van der Waals surface area contributed by atoms with Gasteiger partial charge in [0.25, 0.3) is 0 Å². The molecule has 1 fully saturated rings. The zero-order valence-electron chi connectivity index (χ0n) is 17.4. The molecule has 0 bridgehead atoms. The summed E-state index contributed by atoms with van der Waals surface area (Å²) in [5.41, 5.74) is 3.45. The highest BCUT2D eigenvalue weighted by Crippen LogP contribution is 2.42. The van der Waals surface area contributed by atoms with Crippen molar-refractivity contribution in [3.63, 3.8) is 0 Å². The first-order valence-corrected chi connectivity index (χ1v) is 12.1. The van der Waals surface area contributed by atoms with E-state index in [9.17, 15) is 9.18 Å². The predicted molar refractivity (Wildman–Crippen MR) is 125 cm³/mol. The number of carbonyl (C=O) groups excluding carboxylic acids is 1. The van der Waals surface area contributed by atoms with Gasteiger partial charge in [-0.25, -0.2) is 9.18 Å². The van der Waals surface area contributed by atoms with Gasteiger partial charge in [0, 0.05) is 23.9 Å². The smallest absolute Gasteiger partial charge is 0.348 e. The lowest BCUT2D eigenvalue weighted by atomic mass is 9.89. The molecule has 0 aromatic carbocycles. The normalized spacial score (nSPS) is 16.0. The van der Waals surface area contributed by atoms with Crippen molar-refractivity contribution in [1.82, 2.24) is 14.5 Å². The summed E-state index contributed by atoms with van der Waals surface area (Å²) >= 11 is 4.93. The Morgan fingerprint density at radius 1 is 1.28 bits per heavy atom. The fraction of sp³-hybridized carbons (Fsp3) is 0.348. The van der Waals surface area contributed by atoms with Crippen molar-refractivity contribution in [1.29, 1.82) is 0 Å². The van der Waals surface area contributed by atoms with Gasteiger partial charge in [-0.05, 0) is 65.9 Å². The topological polar surface area (TPSA) is 66.2 Å². The Bertz CT molecular complexity index is 1280. The number of hydrogen-bond donors (Lipinski definition) is 0. The molecule has 0 radical (unpaired) electrons.